The van der Waals surface area contributed by atoms with Crippen LogP contribution in [0.5, 0.6) is 5.75 Å². The van der Waals surface area contributed by atoms with Crippen LogP contribution in [0.4, 0.5) is 5.69 Å². The predicted octanol–water partition coefficient (Wildman–Crippen LogP) is 3.58. The molecule has 2 aromatic rings. The normalized spacial score (nSPS) is 14.5. The Kier molecular flexibility index (Phi) is 3.73. The van der Waals surface area contributed by atoms with Crippen LogP contribution in [-0.4, -0.2) is 21.6 Å². The number of rotatable bonds is 2. The highest BCUT2D eigenvalue weighted by atomic mass is 35.5. The quantitative estimate of drug-likeness (QED) is 0.837. The van der Waals surface area contributed by atoms with E-state index in [9.17, 15) is 8.42 Å². The summed E-state index contributed by atoms with van der Waals surface area (Å²) in [6.45, 7) is 0.511. The first-order valence-corrected chi connectivity index (χ1v) is 8.40. The van der Waals surface area contributed by atoms with Crippen molar-refractivity contribution in [2.75, 3.05) is 17.5 Å². The monoisotopic (exact) mass is 343 g/mol. The van der Waals surface area contributed by atoms with Crippen LogP contribution >= 0.6 is 23.2 Å². The third-order valence-corrected chi connectivity index (χ3v) is 5.96. The van der Waals surface area contributed by atoms with Gasteiger partial charge in [-0.15, -0.1) is 0 Å². The molecule has 0 saturated carbocycles. The second-order valence-electron chi connectivity index (χ2n) is 4.45. The molecule has 4 nitrogen and oxygen atoms in total. The van der Waals surface area contributed by atoms with E-state index in [1.54, 1.807) is 36.4 Å². The number of anilines is 1. The van der Waals surface area contributed by atoms with Gasteiger partial charge in [0.15, 0.2) is 0 Å². The predicted molar refractivity (Wildman–Crippen MR) is 82.9 cm³/mol. The molecule has 0 aliphatic carbocycles. The average Bonchev–Trinajstić information content (AvgIpc) is 2.49. The number of hydrogen-bond donors (Lipinski definition) is 0. The Labute approximate surface area is 132 Å². The molecule has 1 heterocycles. The van der Waals surface area contributed by atoms with Crippen molar-refractivity contribution in [3.8, 4) is 5.75 Å². The van der Waals surface area contributed by atoms with E-state index < -0.39 is 10.0 Å². The van der Waals surface area contributed by atoms with Crippen LogP contribution in [0.15, 0.2) is 47.4 Å². The van der Waals surface area contributed by atoms with Crippen LogP contribution in [0.25, 0.3) is 0 Å². The summed E-state index contributed by atoms with van der Waals surface area (Å²) in [4.78, 5) is -0.00614. The SMILES string of the molecule is O=S(=O)(c1cccc(Cl)c1Cl)N1CCOc2ccccc21. The van der Waals surface area contributed by atoms with Crippen molar-refractivity contribution in [3.63, 3.8) is 0 Å². The van der Waals surface area contributed by atoms with Gasteiger partial charge in [0, 0.05) is 0 Å². The van der Waals surface area contributed by atoms with Gasteiger partial charge in [-0.3, -0.25) is 4.31 Å². The molecule has 0 amide bonds. The van der Waals surface area contributed by atoms with E-state index in [0.717, 1.165) is 0 Å². The summed E-state index contributed by atoms with van der Waals surface area (Å²) in [6.07, 6.45) is 0. The molecule has 0 unspecified atom stereocenters. The van der Waals surface area contributed by atoms with Crippen LogP contribution in [0.3, 0.4) is 0 Å². The molecule has 21 heavy (non-hydrogen) atoms. The van der Waals surface area contributed by atoms with Gasteiger partial charge in [0.2, 0.25) is 0 Å². The van der Waals surface area contributed by atoms with Crippen LogP contribution in [-0.2, 0) is 10.0 Å². The summed E-state index contributed by atoms with van der Waals surface area (Å²) in [7, 11) is -3.79. The molecular formula is C14H11Cl2NO3S. The molecule has 0 spiro atoms. The maximum atomic E-state index is 12.9. The van der Waals surface area contributed by atoms with Crippen molar-refractivity contribution in [1.29, 1.82) is 0 Å². The minimum atomic E-state index is -3.79. The van der Waals surface area contributed by atoms with Crippen molar-refractivity contribution >= 4 is 38.9 Å². The van der Waals surface area contributed by atoms with Gasteiger partial charge in [0.05, 0.1) is 22.3 Å². The first-order valence-electron chi connectivity index (χ1n) is 6.20. The molecule has 0 atom stereocenters. The number of sulfonamides is 1. The Balaban J connectivity index is 2.14. The van der Waals surface area contributed by atoms with E-state index in [1.165, 1.54) is 10.4 Å². The minimum Gasteiger partial charge on any atom is -0.489 e. The third-order valence-electron chi connectivity index (χ3n) is 3.17. The van der Waals surface area contributed by atoms with Crippen molar-refractivity contribution < 1.29 is 13.2 Å². The molecule has 3 rings (SSSR count). The summed E-state index contributed by atoms with van der Waals surface area (Å²) in [5.41, 5.74) is 0.500. The molecule has 1 aliphatic heterocycles. The number of nitrogens with zero attached hydrogens (tertiary/aromatic N) is 1. The zero-order valence-corrected chi connectivity index (χ0v) is 13.1. The maximum Gasteiger partial charge on any atom is 0.266 e. The Bertz CT molecular complexity index is 793. The lowest BCUT2D eigenvalue weighted by Gasteiger charge is -2.30. The van der Waals surface area contributed by atoms with Gasteiger partial charge >= 0.3 is 0 Å². The lowest BCUT2D eigenvalue weighted by Crippen LogP contribution is -2.38. The maximum absolute atomic E-state index is 12.9. The summed E-state index contributed by atoms with van der Waals surface area (Å²) in [5.74, 6) is 0.533. The van der Waals surface area contributed by atoms with Gasteiger partial charge in [-0.05, 0) is 24.3 Å². The summed E-state index contributed by atoms with van der Waals surface area (Å²) >= 11 is 12.0. The van der Waals surface area contributed by atoms with Crippen molar-refractivity contribution in [2.45, 2.75) is 4.90 Å². The number of ether oxygens (including phenoxy) is 1. The lowest BCUT2D eigenvalue weighted by molar-refractivity contribution is 0.316. The molecule has 0 radical (unpaired) electrons. The smallest absolute Gasteiger partial charge is 0.266 e. The Morgan fingerprint density at radius 1 is 1.05 bits per heavy atom. The van der Waals surface area contributed by atoms with Gasteiger partial charge in [0.25, 0.3) is 10.0 Å². The Morgan fingerprint density at radius 3 is 2.62 bits per heavy atom. The highest BCUT2D eigenvalue weighted by Gasteiger charge is 2.31. The highest BCUT2D eigenvalue weighted by molar-refractivity contribution is 7.93. The van der Waals surface area contributed by atoms with Crippen LogP contribution in [0.1, 0.15) is 0 Å². The fourth-order valence-electron chi connectivity index (χ4n) is 2.20. The van der Waals surface area contributed by atoms with E-state index in [1.807, 2.05) is 0 Å². The Morgan fingerprint density at radius 2 is 1.81 bits per heavy atom. The van der Waals surface area contributed by atoms with Crippen LogP contribution in [0.2, 0.25) is 10.0 Å². The molecular weight excluding hydrogens is 333 g/mol. The van der Waals surface area contributed by atoms with Gasteiger partial charge in [-0.1, -0.05) is 41.4 Å². The fourth-order valence-corrected chi connectivity index (χ4v) is 4.39. The van der Waals surface area contributed by atoms with Crippen molar-refractivity contribution in [3.05, 3.63) is 52.5 Å². The van der Waals surface area contributed by atoms with Crippen molar-refractivity contribution in [1.82, 2.24) is 0 Å². The zero-order valence-electron chi connectivity index (χ0n) is 10.8. The van der Waals surface area contributed by atoms with Crippen LogP contribution < -0.4 is 9.04 Å². The molecule has 110 valence electrons. The molecule has 7 heteroatoms. The zero-order chi connectivity index (χ0) is 15.0. The number of benzene rings is 2. The fraction of sp³-hybridized carbons (Fsp3) is 0.143. The van der Waals surface area contributed by atoms with Gasteiger partial charge < -0.3 is 4.74 Å². The largest absolute Gasteiger partial charge is 0.489 e. The van der Waals surface area contributed by atoms with Gasteiger partial charge in [-0.25, -0.2) is 8.42 Å². The molecule has 0 saturated heterocycles. The summed E-state index contributed by atoms with van der Waals surface area (Å²) in [5, 5.41) is 0.238. The second kappa shape index (κ2) is 5.40. The lowest BCUT2D eigenvalue weighted by atomic mass is 10.2. The minimum absolute atomic E-state index is 0.00614. The van der Waals surface area contributed by atoms with E-state index in [4.69, 9.17) is 27.9 Å². The molecule has 0 aromatic heterocycles. The summed E-state index contributed by atoms with van der Waals surface area (Å²) < 4.78 is 32.5. The van der Waals surface area contributed by atoms with E-state index in [-0.39, 0.29) is 28.1 Å². The van der Waals surface area contributed by atoms with Gasteiger partial charge in [0.1, 0.15) is 17.3 Å². The topological polar surface area (TPSA) is 46.6 Å². The number of para-hydroxylation sites is 2. The first kappa shape index (κ1) is 14.5. The molecule has 1 aliphatic rings. The van der Waals surface area contributed by atoms with Crippen molar-refractivity contribution in [2.24, 2.45) is 0 Å². The Hall–Kier alpha value is -1.43. The van der Waals surface area contributed by atoms with Crippen LogP contribution in [0, 0.1) is 0 Å². The first-order chi connectivity index (χ1) is 10.0. The number of fused-ring (bicyclic) bond motifs is 1. The molecule has 0 fully saturated rings. The van der Waals surface area contributed by atoms with E-state index in [0.29, 0.717) is 11.4 Å². The standard InChI is InChI=1S/C14H11Cl2NO3S/c15-10-4-3-7-13(14(10)16)21(18,19)17-8-9-20-12-6-2-1-5-11(12)17/h1-7H,8-9H2. The molecule has 2 aromatic carbocycles. The second-order valence-corrected chi connectivity index (χ2v) is 7.06. The molecule has 0 bridgehead atoms. The highest BCUT2D eigenvalue weighted by Crippen LogP contribution is 2.37. The van der Waals surface area contributed by atoms with E-state index >= 15 is 0 Å². The number of hydrogen-bond acceptors (Lipinski definition) is 3. The number of halogens is 2. The average molecular weight is 344 g/mol. The summed E-state index contributed by atoms with van der Waals surface area (Å²) in [6, 6.07) is 11.5. The molecule has 0 N–H and O–H groups in total. The van der Waals surface area contributed by atoms with Gasteiger partial charge in [-0.2, -0.15) is 0 Å². The van der Waals surface area contributed by atoms with E-state index in [2.05, 4.69) is 0 Å². The third kappa shape index (κ3) is 2.46.